The summed E-state index contributed by atoms with van der Waals surface area (Å²) in [6.45, 7) is 0. The Kier molecular flexibility index (Phi) is 5.15. The highest BCUT2D eigenvalue weighted by molar-refractivity contribution is 6.43. The standard InChI is InChI=1S/C32H23NO3/c1-33(2)28-18-16-20(22-9-3-4-10-23(22)28)15-17-21-19-27(24-11-7-8-14-29(24)36-21)30-31(34)25-12-5-6-13-26(25)32(30)35/h3-19H,1-2H3. The Morgan fingerprint density at radius 2 is 1.28 bits per heavy atom. The van der Waals surface area contributed by atoms with Crippen LogP contribution in [-0.4, -0.2) is 25.7 Å². The van der Waals surface area contributed by atoms with Crippen molar-refractivity contribution in [3.05, 3.63) is 131 Å². The Balaban J connectivity index is 1.47. The number of fused-ring (bicyclic) bond motifs is 3. The summed E-state index contributed by atoms with van der Waals surface area (Å²) in [5.41, 5.74) is 4.62. The Bertz CT molecular complexity index is 1630. The van der Waals surface area contributed by atoms with Crippen LogP contribution >= 0.6 is 0 Å². The number of anilines is 1. The second-order valence-corrected chi connectivity index (χ2v) is 9.08. The number of para-hydroxylation sites is 1. The number of ketones is 2. The molecule has 0 amide bonds. The molecule has 0 fully saturated rings. The fraction of sp³-hybridized carbons (Fsp3) is 0.0625. The molecule has 0 atom stereocenters. The minimum Gasteiger partial charge on any atom is -0.457 e. The average molecular weight is 470 g/mol. The Morgan fingerprint density at radius 1 is 0.667 bits per heavy atom. The number of carbonyl (C=O) groups is 2. The molecular weight excluding hydrogens is 446 g/mol. The molecule has 0 bridgehead atoms. The van der Waals surface area contributed by atoms with Crippen LogP contribution in [0.5, 0.6) is 5.75 Å². The van der Waals surface area contributed by atoms with Crippen molar-refractivity contribution in [2.75, 3.05) is 19.0 Å². The number of hydrogen-bond acceptors (Lipinski definition) is 4. The van der Waals surface area contributed by atoms with Crippen molar-refractivity contribution in [3.63, 3.8) is 0 Å². The predicted octanol–water partition coefficient (Wildman–Crippen LogP) is 6.73. The van der Waals surface area contributed by atoms with Crippen molar-refractivity contribution in [3.8, 4) is 5.75 Å². The van der Waals surface area contributed by atoms with E-state index in [9.17, 15) is 9.59 Å². The number of hydrogen-bond donors (Lipinski definition) is 0. The third-order valence-corrected chi connectivity index (χ3v) is 6.68. The Labute approximate surface area is 209 Å². The SMILES string of the molecule is CN(C)c1ccc(C=CC2=CC(=C3C(=O)c4ccccc4C3=O)c3ccccc3O2)c2ccccc12. The van der Waals surface area contributed by atoms with E-state index < -0.39 is 0 Å². The largest absolute Gasteiger partial charge is 0.457 e. The van der Waals surface area contributed by atoms with Gasteiger partial charge in [-0.1, -0.05) is 78.9 Å². The average Bonchev–Trinajstić information content (AvgIpc) is 3.16. The zero-order chi connectivity index (χ0) is 24.8. The van der Waals surface area contributed by atoms with Crippen LogP contribution in [-0.2, 0) is 0 Å². The van der Waals surface area contributed by atoms with E-state index in [-0.39, 0.29) is 17.1 Å². The number of rotatable bonds is 3. The summed E-state index contributed by atoms with van der Waals surface area (Å²) >= 11 is 0. The number of benzene rings is 4. The maximum Gasteiger partial charge on any atom is 0.198 e. The summed E-state index contributed by atoms with van der Waals surface area (Å²) in [7, 11) is 4.07. The van der Waals surface area contributed by atoms with Crippen molar-refractivity contribution in [1.82, 2.24) is 0 Å². The van der Waals surface area contributed by atoms with E-state index in [0.717, 1.165) is 27.6 Å². The molecule has 36 heavy (non-hydrogen) atoms. The first kappa shape index (κ1) is 21.8. The van der Waals surface area contributed by atoms with Crippen molar-refractivity contribution >= 4 is 39.7 Å². The molecule has 6 rings (SSSR count). The highest BCUT2D eigenvalue weighted by Crippen LogP contribution is 2.40. The first-order chi connectivity index (χ1) is 17.5. The molecule has 1 aliphatic heterocycles. The fourth-order valence-electron chi connectivity index (χ4n) is 4.95. The van der Waals surface area contributed by atoms with Crippen LogP contribution in [0.3, 0.4) is 0 Å². The maximum atomic E-state index is 13.3. The molecule has 0 aromatic heterocycles. The van der Waals surface area contributed by atoms with Gasteiger partial charge in [0.2, 0.25) is 0 Å². The van der Waals surface area contributed by atoms with E-state index in [4.69, 9.17) is 4.74 Å². The molecule has 0 saturated heterocycles. The van der Waals surface area contributed by atoms with Gasteiger partial charge in [-0.25, -0.2) is 0 Å². The molecule has 4 aromatic rings. The molecular formula is C32H23NO3. The molecule has 0 spiro atoms. The number of Topliss-reactive ketones (excluding diaryl/α,β-unsaturated/α-hetero) is 2. The van der Waals surface area contributed by atoms with Crippen molar-refractivity contribution < 1.29 is 14.3 Å². The van der Waals surface area contributed by atoms with Crippen LogP contribution in [0.25, 0.3) is 22.4 Å². The van der Waals surface area contributed by atoms with E-state index in [1.165, 1.54) is 0 Å². The molecule has 0 saturated carbocycles. The fourth-order valence-corrected chi connectivity index (χ4v) is 4.95. The summed E-state index contributed by atoms with van der Waals surface area (Å²) in [6, 6.07) is 27.0. The molecule has 1 aliphatic carbocycles. The van der Waals surface area contributed by atoms with Gasteiger partial charge in [-0.15, -0.1) is 0 Å². The van der Waals surface area contributed by atoms with Crippen LogP contribution in [0.15, 0.2) is 108 Å². The summed E-state index contributed by atoms with van der Waals surface area (Å²) in [5, 5.41) is 2.29. The molecule has 4 heteroatoms. The van der Waals surface area contributed by atoms with Gasteiger partial charge in [0, 0.05) is 47.4 Å². The number of nitrogens with zero attached hydrogens (tertiary/aromatic N) is 1. The summed E-state index contributed by atoms with van der Waals surface area (Å²) in [6.07, 6.45) is 5.70. The molecule has 0 radical (unpaired) electrons. The van der Waals surface area contributed by atoms with E-state index in [1.807, 2.05) is 62.6 Å². The lowest BCUT2D eigenvalue weighted by Gasteiger charge is -2.20. The zero-order valence-electron chi connectivity index (χ0n) is 20.0. The molecule has 0 unspecified atom stereocenters. The normalized spacial score (nSPS) is 14.7. The summed E-state index contributed by atoms with van der Waals surface area (Å²) in [5.74, 6) is 0.694. The van der Waals surface area contributed by atoms with Gasteiger partial charge in [0.15, 0.2) is 11.6 Å². The van der Waals surface area contributed by atoms with Gasteiger partial charge in [-0.3, -0.25) is 9.59 Å². The minimum atomic E-state index is -0.243. The Hall–Kier alpha value is -4.70. The van der Waals surface area contributed by atoms with Crippen LogP contribution in [0.4, 0.5) is 5.69 Å². The summed E-state index contributed by atoms with van der Waals surface area (Å²) in [4.78, 5) is 28.6. The van der Waals surface area contributed by atoms with Gasteiger partial charge < -0.3 is 9.64 Å². The summed E-state index contributed by atoms with van der Waals surface area (Å²) < 4.78 is 6.17. The molecule has 4 nitrogen and oxygen atoms in total. The maximum absolute atomic E-state index is 13.3. The molecule has 0 N–H and O–H groups in total. The first-order valence-corrected chi connectivity index (χ1v) is 11.8. The molecule has 2 aliphatic rings. The zero-order valence-corrected chi connectivity index (χ0v) is 20.0. The number of ether oxygens (including phenoxy) is 1. The highest BCUT2D eigenvalue weighted by atomic mass is 16.5. The first-order valence-electron chi connectivity index (χ1n) is 11.8. The number of carbonyl (C=O) groups excluding carboxylic acids is 2. The lowest BCUT2D eigenvalue weighted by atomic mass is 9.93. The van der Waals surface area contributed by atoms with Crippen LogP contribution in [0.2, 0.25) is 0 Å². The monoisotopic (exact) mass is 469 g/mol. The second-order valence-electron chi connectivity index (χ2n) is 9.08. The lowest BCUT2D eigenvalue weighted by Crippen LogP contribution is -2.09. The minimum absolute atomic E-state index is 0.193. The molecule has 4 aromatic carbocycles. The lowest BCUT2D eigenvalue weighted by molar-refractivity contribution is 0.0990. The van der Waals surface area contributed by atoms with Gasteiger partial charge in [0.05, 0.1) is 5.57 Å². The van der Waals surface area contributed by atoms with Gasteiger partial charge >= 0.3 is 0 Å². The number of allylic oxidation sites excluding steroid dienone is 4. The smallest absolute Gasteiger partial charge is 0.198 e. The molecule has 1 heterocycles. The quantitative estimate of drug-likeness (QED) is 0.247. The van der Waals surface area contributed by atoms with Gasteiger partial charge in [-0.2, -0.15) is 0 Å². The van der Waals surface area contributed by atoms with Crippen LogP contribution in [0.1, 0.15) is 31.8 Å². The second kappa shape index (κ2) is 8.51. The van der Waals surface area contributed by atoms with E-state index in [1.54, 1.807) is 30.3 Å². The predicted molar refractivity (Wildman–Crippen MR) is 144 cm³/mol. The van der Waals surface area contributed by atoms with Crippen molar-refractivity contribution in [1.29, 1.82) is 0 Å². The van der Waals surface area contributed by atoms with Crippen LogP contribution in [0, 0.1) is 0 Å². The van der Waals surface area contributed by atoms with Gasteiger partial charge in [0.25, 0.3) is 0 Å². The third kappa shape index (κ3) is 3.46. The topological polar surface area (TPSA) is 46.6 Å². The van der Waals surface area contributed by atoms with Crippen molar-refractivity contribution in [2.24, 2.45) is 0 Å². The van der Waals surface area contributed by atoms with E-state index >= 15 is 0 Å². The Morgan fingerprint density at radius 3 is 1.97 bits per heavy atom. The van der Waals surface area contributed by atoms with Gasteiger partial charge in [0.1, 0.15) is 11.5 Å². The van der Waals surface area contributed by atoms with E-state index in [2.05, 4.69) is 29.2 Å². The highest BCUT2D eigenvalue weighted by Gasteiger charge is 2.36. The van der Waals surface area contributed by atoms with Gasteiger partial charge in [-0.05, 0) is 35.2 Å². The van der Waals surface area contributed by atoms with E-state index in [0.29, 0.717) is 28.2 Å². The molecule has 174 valence electrons. The third-order valence-electron chi connectivity index (χ3n) is 6.68. The van der Waals surface area contributed by atoms with Crippen molar-refractivity contribution in [2.45, 2.75) is 0 Å². The van der Waals surface area contributed by atoms with Crippen LogP contribution < -0.4 is 9.64 Å².